The van der Waals surface area contributed by atoms with Crippen LogP contribution in [0.3, 0.4) is 0 Å². The predicted molar refractivity (Wildman–Crippen MR) is 131 cm³/mol. The van der Waals surface area contributed by atoms with Crippen LogP contribution in [-0.4, -0.2) is 32.8 Å². The number of ether oxygens (including phenoxy) is 2. The van der Waals surface area contributed by atoms with Crippen LogP contribution in [0.4, 0.5) is 14.5 Å². The Morgan fingerprint density at radius 1 is 0.946 bits per heavy atom. The molecule has 1 fully saturated rings. The van der Waals surface area contributed by atoms with Gasteiger partial charge in [0.1, 0.15) is 0 Å². The van der Waals surface area contributed by atoms with Crippen molar-refractivity contribution in [3.8, 4) is 22.6 Å². The number of carbonyl (C=O) groups is 2. The van der Waals surface area contributed by atoms with Gasteiger partial charge in [-0.05, 0) is 78.4 Å². The van der Waals surface area contributed by atoms with Gasteiger partial charge in [0.15, 0.2) is 11.5 Å². The van der Waals surface area contributed by atoms with Crippen molar-refractivity contribution in [2.24, 2.45) is 0 Å². The van der Waals surface area contributed by atoms with Crippen LogP contribution in [0.5, 0.6) is 11.5 Å². The maximum Gasteiger partial charge on any atom is 0.586 e. The number of halogens is 2. The first-order valence-electron chi connectivity index (χ1n) is 11.3. The molecule has 5 rings (SSSR count). The number of alkyl halides is 2. The van der Waals surface area contributed by atoms with E-state index in [1.165, 1.54) is 18.2 Å². The van der Waals surface area contributed by atoms with Gasteiger partial charge in [0.2, 0.25) is 15.9 Å². The molecule has 1 heterocycles. The van der Waals surface area contributed by atoms with E-state index in [4.69, 9.17) is 0 Å². The lowest BCUT2D eigenvalue weighted by atomic mass is 9.94. The summed E-state index contributed by atoms with van der Waals surface area (Å²) in [6, 6.07) is 16.2. The standard InChI is InChI=1S/C26H22F2N2O6S/c1-15-12-19(7-8-20(15)16-4-3-5-17(13-16)23(31)30-37(2,33)34)29-24(32)25(10-11-25)18-6-9-21-22(14-18)36-26(27,28)35-21/h3-9,12-14H,10-11H2,1-2H3,(H,29,32)(H,30,31). The molecule has 3 aromatic rings. The molecule has 1 saturated carbocycles. The Kier molecular flexibility index (Phi) is 5.70. The lowest BCUT2D eigenvalue weighted by molar-refractivity contribution is -0.286. The zero-order chi connectivity index (χ0) is 26.6. The van der Waals surface area contributed by atoms with E-state index >= 15 is 0 Å². The van der Waals surface area contributed by atoms with Crippen molar-refractivity contribution in [1.29, 1.82) is 0 Å². The summed E-state index contributed by atoms with van der Waals surface area (Å²) < 4.78 is 60.4. The summed E-state index contributed by atoms with van der Waals surface area (Å²) in [5.74, 6) is -1.17. The van der Waals surface area contributed by atoms with Gasteiger partial charge in [-0.3, -0.25) is 9.59 Å². The van der Waals surface area contributed by atoms with Crippen LogP contribution in [-0.2, 0) is 20.2 Å². The van der Waals surface area contributed by atoms with Gasteiger partial charge in [0.05, 0.1) is 11.7 Å². The summed E-state index contributed by atoms with van der Waals surface area (Å²) in [6.45, 7) is 1.85. The average molecular weight is 529 g/mol. The minimum Gasteiger partial charge on any atom is -0.395 e. The lowest BCUT2D eigenvalue weighted by Crippen LogP contribution is -2.29. The maximum atomic E-state index is 13.4. The molecule has 3 aromatic carbocycles. The molecule has 37 heavy (non-hydrogen) atoms. The number of fused-ring (bicyclic) bond motifs is 1. The monoisotopic (exact) mass is 528 g/mol. The number of anilines is 1. The van der Waals surface area contributed by atoms with Crippen LogP contribution in [0, 0.1) is 6.92 Å². The molecular weight excluding hydrogens is 506 g/mol. The zero-order valence-corrected chi connectivity index (χ0v) is 20.6. The molecule has 0 unspecified atom stereocenters. The van der Waals surface area contributed by atoms with Crippen molar-refractivity contribution in [2.75, 3.05) is 11.6 Å². The van der Waals surface area contributed by atoms with Crippen LogP contribution in [0.1, 0.15) is 34.3 Å². The number of rotatable bonds is 6. The zero-order valence-electron chi connectivity index (χ0n) is 19.8. The Morgan fingerprint density at radius 2 is 1.68 bits per heavy atom. The van der Waals surface area contributed by atoms with Gasteiger partial charge in [-0.1, -0.05) is 24.3 Å². The third-order valence-electron chi connectivity index (χ3n) is 6.34. The molecule has 1 aliphatic heterocycles. The Balaban J connectivity index is 1.34. The van der Waals surface area contributed by atoms with E-state index in [1.807, 2.05) is 11.6 Å². The maximum absolute atomic E-state index is 13.4. The molecule has 1 aliphatic carbocycles. The summed E-state index contributed by atoms with van der Waals surface area (Å²) in [5.41, 5.74) is 2.78. The van der Waals surface area contributed by atoms with Gasteiger partial charge in [-0.15, -0.1) is 8.78 Å². The van der Waals surface area contributed by atoms with Crippen molar-refractivity contribution >= 4 is 27.5 Å². The van der Waals surface area contributed by atoms with Crippen LogP contribution < -0.4 is 19.5 Å². The lowest BCUT2D eigenvalue weighted by Gasteiger charge is -2.17. The van der Waals surface area contributed by atoms with E-state index < -0.39 is 27.6 Å². The third kappa shape index (κ3) is 4.99. The predicted octanol–water partition coefficient (Wildman–Crippen LogP) is 4.34. The first-order chi connectivity index (χ1) is 17.4. The van der Waals surface area contributed by atoms with E-state index in [0.29, 0.717) is 29.7 Å². The minimum absolute atomic E-state index is 0.0750. The van der Waals surface area contributed by atoms with E-state index in [-0.39, 0.29) is 23.0 Å². The van der Waals surface area contributed by atoms with Gasteiger partial charge in [0, 0.05) is 11.3 Å². The molecule has 192 valence electrons. The topological polar surface area (TPSA) is 111 Å². The largest absolute Gasteiger partial charge is 0.586 e. The molecule has 0 aromatic heterocycles. The summed E-state index contributed by atoms with van der Waals surface area (Å²) in [4.78, 5) is 25.4. The molecule has 2 N–H and O–H groups in total. The van der Waals surface area contributed by atoms with Gasteiger partial charge in [-0.2, -0.15) is 0 Å². The van der Waals surface area contributed by atoms with Crippen molar-refractivity contribution in [2.45, 2.75) is 31.5 Å². The second-order valence-corrected chi connectivity index (χ2v) is 10.9. The third-order valence-corrected chi connectivity index (χ3v) is 6.89. The molecule has 0 spiro atoms. The molecule has 8 nitrogen and oxygen atoms in total. The van der Waals surface area contributed by atoms with E-state index in [0.717, 1.165) is 17.4 Å². The second-order valence-electron chi connectivity index (χ2n) is 9.18. The number of hydrogen-bond donors (Lipinski definition) is 2. The summed E-state index contributed by atoms with van der Waals surface area (Å²) >= 11 is 0. The smallest absolute Gasteiger partial charge is 0.395 e. The fourth-order valence-electron chi connectivity index (χ4n) is 4.39. The highest BCUT2D eigenvalue weighted by atomic mass is 32.2. The highest BCUT2D eigenvalue weighted by molar-refractivity contribution is 7.89. The SMILES string of the molecule is Cc1cc(NC(=O)C2(c3ccc4c(c3)OC(F)(F)O4)CC2)ccc1-c1cccc(C(=O)NS(C)(=O)=O)c1. The number of nitrogens with one attached hydrogen (secondary N) is 2. The Labute approximate surface area is 211 Å². The van der Waals surface area contributed by atoms with Crippen LogP contribution >= 0.6 is 0 Å². The van der Waals surface area contributed by atoms with E-state index in [9.17, 15) is 26.8 Å². The van der Waals surface area contributed by atoms with Crippen molar-refractivity contribution in [3.63, 3.8) is 0 Å². The van der Waals surface area contributed by atoms with Crippen LogP contribution in [0.15, 0.2) is 60.7 Å². The van der Waals surface area contributed by atoms with Gasteiger partial charge in [-0.25, -0.2) is 13.1 Å². The second kappa shape index (κ2) is 8.55. The van der Waals surface area contributed by atoms with Crippen molar-refractivity contribution < 1.29 is 36.3 Å². The van der Waals surface area contributed by atoms with E-state index in [1.54, 1.807) is 42.5 Å². The average Bonchev–Trinajstić information content (AvgIpc) is 3.55. The molecule has 2 aliphatic rings. The highest BCUT2D eigenvalue weighted by Gasteiger charge is 2.52. The first kappa shape index (κ1) is 24.7. The summed E-state index contributed by atoms with van der Waals surface area (Å²) in [6.07, 6.45) is -1.69. The number of benzene rings is 3. The molecule has 0 bridgehead atoms. The van der Waals surface area contributed by atoms with Gasteiger partial charge >= 0.3 is 6.29 Å². The normalized spacial score (nSPS) is 16.6. The number of aryl methyl sites for hydroxylation is 1. The molecule has 0 atom stereocenters. The molecule has 0 radical (unpaired) electrons. The first-order valence-corrected chi connectivity index (χ1v) is 13.2. The fourth-order valence-corrected chi connectivity index (χ4v) is 4.84. The number of sulfonamides is 1. The summed E-state index contributed by atoms with van der Waals surface area (Å²) in [5, 5.41) is 2.91. The van der Waals surface area contributed by atoms with Crippen LogP contribution in [0.25, 0.3) is 11.1 Å². The van der Waals surface area contributed by atoms with Crippen molar-refractivity contribution in [3.05, 3.63) is 77.4 Å². The van der Waals surface area contributed by atoms with Gasteiger partial charge in [0.25, 0.3) is 5.91 Å². The van der Waals surface area contributed by atoms with Gasteiger partial charge < -0.3 is 14.8 Å². The molecule has 0 saturated heterocycles. The Bertz CT molecular complexity index is 1550. The van der Waals surface area contributed by atoms with Crippen LogP contribution in [0.2, 0.25) is 0 Å². The molecular formula is C26H22F2N2O6S. The van der Waals surface area contributed by atoms with E-state index in [2.05, 4.69) is 14.8 Å². The minimum atomic E-state index is -3.73. The molecule has 2 amide bonds. The Hall–Kier alpha value is -3.99. The summed E-state index contributed by atoms with van der Waals surface area (Å²) in [7, 11) is -3.70. The van der Waals surface area contributed by atoms with Crippen molar-refractivity contribution in [1.82, 2.24) is 4.72 Å². The number of hydrogen-bond acceptors (Lipinski definition) is 6. The Morgan fingerprint density at radius 3 is 2.35 bits per heavy atom. The quantitative estimate of drug-likeness (QED) is 0.493. The highest BCUT2D eigenvalue weighted by Crippen LogP contribution is 2.52. The fraction of sp³-hybridized carbons (Fsp3) is 0.231. The number of carbonyl (C=O) groups excluding carboxylic acids is 2. The molecule has 11 heteroatoms. The number of amides is 2.